The quantitative estimate of drug-likeness (QED) is 0.735. The zero-order valence-corrected chi connectivity index (χ0v) is 16.0. The maximum atomic E-state index is 12.8. The normalized spacial score (nSPS) is 13.8. The summed E-state index contributed by atoms with van der Waals surface area (Å²) in [6, 6.07) is 15.2. The third-order valence-corrected chi connectivity index (χ3v) is 4.59. The van der Waals surface area contributed by atoms with E-state index in [-0.39, 0.29) is 12.0 Å². The van der Waals surface area contributed by atoms with Gasteiger partial charge in [-0.05, 0) is 48.9 Å². The van der Waals surface area contributed by atoms with Gasteiger partial charge in [-0.15, -0.1) is 0 Å². The minimum Gasteiger partial charge on any atom is -0.462 e. The van der Waals surface area contributed by atoms with Gasteiger partial charge in [-0.1, -0.05) is 12.1 Å². The van der Waals surface area contributed by atoms with E-state index in [1.807, 2.05) is 42.1 Å². The third-order valence-electron chi connectivity index (χ3n) is 4.59. The molecule has 0 spiro atoms. The van der Waals surface area contributed by atoms with Crippen molar-refractivity contribution in [2.75, 3.05) is 43.6 Å². The molecular weight excluding hydrogens is 342 g/mol. The van der Waals surface area contributed by atoms with Gasteiger partial charge in [-0.3, -0.25) is 4.90 Å². The maximum Gasteiger partial charge on any atom is 0.338 e. The van der Waals surface area contributed by atoms with Crippen LogP contribution in [0.2, 0.25) is 0 Å². The number of carbonyl (C=O) groups is 2. The Kier molecular flexibility index (Phi) is 5.64. The molecule has 1 saturated heterocycles. The van der Waals surface area contributed by atoms with Crippen LogP contribution in [0.5, 0.6) is 0 Å². The van der Waals surface area contributed by atoms with Crippen molar-refractivity contribution in [3.05, 3.63) is 59.7 Å². The number of rotatable bonds is 6. The highest BCUT2D eigenvalue weighted by molar-refractivity contribution is 5.95. The van der Waals surface area contributed by atoms with Gasteiger partial charge in [0.15, 0.2) is 0 Å². The number of amides is 2. The second kappa shape index (κ2) is 8.12. The highest BCUT2D eigenvalue weighted by Crippen LogP contribution is 2.23. The number of hydrogen-bond acceptors (Lipinski definition) is 4. The summed E-state index contributed by atoms with van der Waals surface area (Å²) >= 11 is 0. The number of esters is 1. The molecule has 0 N–H and O–H groups in total. The van der Waals surface area contributed by atoms with E-state index in [1.165, 1.54) is 0 Å². The molecule has 0 saturated carbocycles. The second-order valence-electron chi connectivity index (χ2n) is 6.69. The van der Waals surface area contributed by atoms with Crippen LogP contribution in [-0.4, -0.2) is 50.7 Å². The van der Waals surface area contributed by atoms with Crippen LogP contribution in [0, 0.1) is 0 Å². The first-order valence-corrected chi connectivity index (χ1v) is 9.09. The fraction of sp³-hybridized carbons (Fsp3) is 0.333. The molecule has 0 aromatic heterocycles. The molecule has 2 aromatic carbocycles. The largest absolute Gasteiger partial charge is 0.462 e. The molecular formula is C21H25N3O3. The van der Waals surface area contributed by atoms with E-state index in [4.69, 9.17) is 4.74 Å². The summed E-state index contributed by atoms with van der Waals surface area (Å²) in [5.74, 6) is -0.348. The van der Waals surface area contributed by atoms with Gasteiger partial charge >= 0.3 is 12.0 Å². The number of hydrogen-bond donors (Lipinski definition) is 0. The predicted octanol–water partition coefficient (Wildman–Crippen LogP) is 3.37. The summed E-state index contributed by atoms with van der Waals surface area (Å²) in [6.45, 7) is 4.00. The molecule has 1 aliphatic rings. The van der Waals surface area contributed by atoms with E-state index in [0.717, 1.165) is 16.9 Å². The minimum absolute atomic E-state index is 0.0193. The summed E-state index contributed by atoms with van der Waals surface area (Å²) in [5.41, 5.74) is 3.50. The van der Waals surface area contributed by atoms with Crippen molar-refractivity contribution in [2.45, 2.75) is 13.5 Å². The lowest BCUT2D eigenvalue weighted by atomic mass is 10.2. The lowest BCUT2D eigenvalue weighted by Crippen LogP contribution is -2.31. The smallest absolute Gasteiger partial charge is 0.338 e. The lowest BCUT2D eigenvalue weighted by molar-refractivity contribution is 0.0526. The highest BCUT2D eigenvalue weighted by atomic mass is 16.5. The predicted molar refractivity (Wildman–Crippen MR) is 106 cm³/mol. The van der Waals surface area contributed by atoms with Crippen molar-refractivity contribution in [2.24, 2.45) is 0 Å². The molecule has 2 aromatic rings. The number of anilines is 2. The van der Waals surface area contributed by atoms with Gasteiger partial charge in [0, 0.05) is 45.1 Å². The number of carbonyl (C=O) groups excluding carboxylic acids is 2. The van der Waals surface area contributed by atoms with Crippen LogP contribution < -0.4 is 9.80 Å². The van der Waals surface area contributed by atoms with Crippen molar-refractivity contribution in [1.29, 1.82) is 0 Å². The van der Waals surface area contributed by atoms with E-state index in [1.54, 1.807) is 36.1 Å². The van der Waals surface area contributed by atoms with Gasteiger partial charge in [0.05, 0.1) is 12.2 Å². The van der Waals surface area contributed by atoms with Gasteiger partial charge in [0.25, 0.3) is 0 Å². The van der Waals surface area contributed by atoms with Gasteiger partial charge in [0.1, 0.15) is 0 Å². The van der Waals surface area contributed by atoms with E-state index in [2.05, 4.69) is 6.07 Å². The molecule has 0 radical (unpaired) electrons. The summed E-state index contributed by atoms with van der Waals surface area (Å²) in [5, 5.41) is 0. The van der Waals surface area contributed by atoms with Crippen LogP contribution in [0.3, 0.4) is 0 Å². The molecule has 1 aliphatic heterocycles. The monoisotopic (exact) mass is 367 g/mol. The lowest BCUT2D eigenvalue weighted by Gasteiger charge is -2.20. The number of benzene rings is 2. The van der Waals surface area contributed by atoms with Crippen molar-refractivity contribution in [3.8, 4) is 0 Å². The zero-order chi connectivity index (χ0) is 19.4. The topological polar surface area (TPSA) is 53.1 Å². The van der Waals surface area contributed by atoms with Crippen molar-refractivity contribution in [1.82, 2.24) is 4.90 Å². The first-order valence-electron chi connectivity index (χ1n) is 9.09. The molecule has 2 amide bonds. The second-order valence-corrected chi connectivity index (χ2v) is 6.69. The Balaban J connectivity index is 1.68. The Bertz CT molecular complexity index is 818. The van der Waals surface area contributed by atoms with Crippen LogP contribution in [-0.2, 0) is 11.3 Å². The maximum absolute atomic E-state index is 12.8. The standard InChI is InChI=1S/C21H25N3O3/c1-4-27-20(25)17-8-10-18(11-9-17)24-13-12-23(21(24)26)15-16-6-5-7-19(14-16)22(2)3/h5-11,14H,4,12-13,15H2,1-3H3. The molecule has 1 heterocycles. The SMILES string of the molecule is CCOC(=O)c1ccc(N2CCN(Cc3cccc(N(C)C)c3)C2=O)cc1. The summed E-state index contributed by atoms with van der Waals surface area (Å²) in [4.78, 5) is 30.2. The van der Waals surface area contributed by atoms with Crippen LogP contribution >= 0.6 is 0 Å². The van der Waals surface area contributed by atoms with E-state index in [9.17, 15) is 9.59 Å². The van der Waals surface area contributed by atoms with Crippen LogP contribution in [0.25, 0.3) is 0 Å². The van der Waals surface area contributed by atoms with Gasteiger partial charge in [-0.25, -0.2) is 9.59 Å². The fourth-order valence-electron chi connectivity index (χ4n) is 3.11. The van der Waals surface area contributed by atoms with Crippen molar-refractivity contribution < 1.29 is 14.3 Å². The Morgan fingerprint density at radius 2 is 1.85 bits per heavy atom. The van der Waals surface area contributed by atoms with Crippen LogP contribution in [0.15, 0.2) is 48.5 Å². The number of urea groups is 1. The Morgan fingerprint density at radius 1 is 1.11 bits per heavy atom. The van der Waals surface area contributed by atoms with Crippen molar-refractivity contribution in [3.63, 3.8) is 0 Å². The van der Waals surface area contributed by atoms with Crippen LogP contribution in [0.1, 0.15) is 22.8 Å². The molecule has 3 rings (SSSR count). The molecule has 0 aliphatic carbocycles. The van der Waals surface area contributed by atoms with E-state index >= 15 is 0 Å². The first kappa shape index (κ1) is 18.8. The minimum atomic E-state index is -0.348. The van der Waals surface area contributed by atoms with Crippen molar-refractivity contribution >= 4 is 23.4 Å². The molecule has 0 atom stereocenters. The highest BCUT2D eigenvalue weighted by Gasteiger charge is 2.29. The third kappa shape index (κ3) is 4.22. The molecule has 27 heavy (non-hydrogen) atoms. The molecule has 6 heteroatoms. The van der Waals surface area contributed by atoms with Gasteiger partial charge in [-0.2, -0.15) is 0 Å². The molecule has 142 valence electrons. The zero-order valence-electron chi connectivity index (χ0n) is 16.0. The fourth-order valence-corrected chi connectivity index (χ4v) is 3.11. The first-order chi connectivity index (χ1) is 13.0. The molecule has 0 unspecified atom stereocenters. The summed E-state index contributed by atoms with van der Waals surface area (Å²) in [6.07, 6.45) is 0. The number of nitrogens with zero attached hydrogens (tertiary/aromatic N) is 3. The average molecular weight is 367 g/mol. The Morgan fingerprint density at radius 3 is 2.52 bits per heavy atom. The Hall–Kier alpha value is -3.02. The Labute approximate surface area is 159 Å². The number of ether oxygens (including phenoxy) is 1. The van der Waals surface area contributed by atoms with E-state index < -0.39 is 0 Å². The average Bonchev–Trinajstić information content (AvgIpc) is 3.03. The summed E-state index contributed by atoms with van der Waals surface area (Å²) in [7, 11) is 4.00. The van der Waals surface area contributed by atoms with E-state index in [0.29, 0.717) is 31.8 Å². The summed E-state index contributed by atoms with van der Waals surface area (Å²) < 4.78 is 4.99. The van der Waals surface area contributed by atoms with Gasteiger partial charge < -0.3 is 14.5 Å². The van der Waals surface area contributed by atoms with Crippen LogP contribution in [0.4, 0.5) is 16.2 Å². The van der Waals surface area contributed by atoms with Gasteiger partial charge in [0.2, 0.25) is 0 Å². The molecule has 1 fully saturated rings. The molecule has 6 nitrogen and oxygen atoms in total. The molecule has 0 bridgehead atoms.